The molecule has 1 atom stereocenters. The molecule has 35 heavy (non-hydrogen) atoms. The summed E-state index contributed by atoms with van der Waals surface area (Å²) in [6, 6.07) is 6.78. The van der Waals surface area contributed by atoms with Crippen molar-refractivity contribution in [1.82, 2.24) is 5.32 Å². The summed E-state index contributed by atoms with van der Waals surface area (Å²) in [6.07, 6.45) is -7.18. The van der Waals surface area contributed by atoms with Crippen molar-refractivity contribution in [3.05, 3.63) is 72.6 Å². The summed E-state index contributed by atoms with van der Waals surface area (Å²) in [5.74, 6) is -2.81. The Morgan fingerprint density at radius 2 is 1.63 bits per heavy atom. The van der Waals surface area contributed by atoms with E-state index in [0.717, 1.165) is 18.2 Å². The topological polar surface area (TPSA) is 29.1 Å². The second kappa shape index (κ2) is 12.3. The number of alkyl halides is 6. The lowest BCUT2D eigenvalue weighted by molar-refractivity contribution is -0.139. The van der Waals surface area contributed by atoms with Crippen molar-refractivity contribution in [3.8, 4) is 0 Å². The molecule has 0 spiro atoms. The van der Waals surface area contributed by atoms with Crippen molar-refractivity contribution in [3.63, 3.8) is 0 Å². The molecular formula is C22H15BrCl3F6NOS. The lowest BCUT2D eigenvalue weighted by atomic mass is 9.96. The molecule has 1 N–H and O–H groups in total. The van der Waals surface area contributed by atoms with Gasteiger partial charge in [-0.25, -0.2) is 0 Å². The highest BCUT2D eigenvalue weighted by molar-refractivity contribution is 9.10. The molecule has 2 aromatic rings. The summed E-state index contributed by atoms with van der Waals surface area (Å²) >= 11 is 26.1. The highest BCUT2D eigenvalue weighted by Gasteiger charge is 2.39. The molecule has 0 saturated heterocycles. The second-order valence-electron chi connectivity index (χ2n) is 7.23. The molecule has 2 rings (SSSR count). The van der Waals surface area contributed by atoms with Crippen LogP contribution in [0.15, 0.2) is 40.9 Å². The number of thiocarbonyl (C=S) groups is 1. The highest BCUT2D eigenvalue weighted by Crippen LogP contribution is 2.41. The van der Waals surface area contributed by atoms with Gasteiger partial charge in [0.1, 0.15) is 6.54 Å². The molecule has 190 valence electrons. The van der Waals surface area contributed by atoms with Crippen LogP contribution in [0.4, 0.5) is 26.3 Å². The third kappa shape index (κ3) is 9.24. The fraction of sp³-hybridized carbons (Fsp3) is 0.273. The molecule has 0 fully saturated rings. The van der Waals surface area contributed by atoms with Gasteiger partial charge in [0.15, 0.2) is 0 Å². The first-order valence-electron chi connectivity index (χ1n) is 9.64. The Kier molecular flexibility index (Phi) is 10.5. The van der Waals surface area contributed by atoms with Crippen LogP contribution in [-0.2, 0) is 4.79 Å². The molecule has 0 aliphatic carbocycles. The molecule has 1 amide bonds. The van der Waals surface area contributed by atoms with Crippen LogP contribution in [0, 0.1) is 0 Å². The van der Waals surface area contributed by atoms with Crippen LogP contribution < -0.4 is 5.32 Å². The van der Waals surface area contributed by atoms with E-state index in [1.165, 1.54) is 18.2 Å². The summed E-state index contributed by atoms with van der Waals surface area (Å²) in [6.45, 7) is -1.43. The molecule has 0 heterocycles. The van der Waals surface area contributed by atoms with E-state index in [2.05, 4.69) is 15.9 Å². The minimum Gasteiger partial charge on any atom is -0.347 e. The Bertz CT molecular complexity index is 1110. The molecule has 13 heteroatoms. The van der Waals surface area contributed by atoms with E-state index in [-0.39, 0.29) is 33.5 Å². The van der Waals surface area contributed by atoms with Crippen LogP contribution in [0.25, 0.3) is 6.08 Å². The van der Waals surface area contributed by atoms with Gasteiger partial charge < -0.3 is 5.32 Å². The molecule has 1 unspecified atom stereocenters. The first-order valence-corrected chi connectivity index (χ1v) is 12.0. The molecule has 0 radical (unpaired) electrons. The molecule has 2 aromatic carbocycles. The van der Waals surface area contributed by atoms with Gasteiger partial charge in [-0.3, -0.25) is 4.79 Å². The fourth-order valence-electron chi connectivity index (χ4n) is 2.88. The number of carbonyl (C=O) groups is 1. The lowest BCUT2D eigenvalue weighted by Crippen LogP contribution is -2.33. The number of hydrogen-bond acceptors (Lipinski definition) is 2. The summed E-state index contributed by atoms with van der Waals surface area (Å²) in [5, 5.41) is 1.50. The van der Waals surface area contributed by atoms with Gasteiger partial charge in [0.05, 0.1) is 21.0 Å². The predicted molar refractivity (Wildman–Crippen MR) is 133 cm³/mol. The third-order valence-electron chi connectivity index (χ3n) is 4.56. The van der Waals surface area contributed by atoms with Gasteiger partial charge in [-0.1, -0.05) is 87.2 Å². The molecule has 2 nitrogen and oxygen atoms in total. The average molecular weight is 642 g/mol. The first-order chi connectivity index (χ1) is 16.1. The number of rotatable bonds is 8. The molecule has 0 aliphatic rings. The van der Waals surface area contributed by atoms with E-state index in [4.69, 9.17) is 47.0 Å². The van der Waals surface area contributed by atoms with Crippen LogP contribution in [0.2, 0.25) is 15.1 Å². The standard InChI is InChI=1S/C22H15BrCl3F6NOS/c23-15-7-11(1-3-13(15)18(35)5-6-19(34)33-10-21(27,28)29)2-4-14(22(30,31)32)12-8-16(24)20(26)17(25)9-12/h1-4,7-9,14H,5-6,10H2,(H,33,34)/b4-2+. The molecule has 0 aliphatic heterocycles. The zero-order valence-corrected chi connectivity index (χ0v) is 22.0. The van der Waals surface area contributed by atoms with E-state index in [9.17, 15) is 31.1 Å². The van der Waals surface area contributed by atoms with E-state index >= 15 is 0 Å². The number of hydrogen-bond donors (Lipinski definition) is 1. The second-order valence-corrected chi connectivity index (χ2v) is 9.77. The average Bonchev–Trinajstić information content (AvgIpc) is 2.73. The highest BCUT2D eigenvalue weighted by atomic mass is 79.9. The first kappa shape index (κ1) is 29.9. The SMILES string of the molecule is O=C(CCC(=S)c1ccc(/C=C/C(c2cc(Cl)c(Cl)c(Cl)c2)C(F)(F)F)cc1Br)NCC(F)(F)F. The summed E-state index contributed by atoms with van der Waals surface area (Å²) < 4.78 is 78.0. The van der Waals surface area contributed by atoms with E-state index < -0.39 is 30.7 Å². The van der Waals surface area contributed by atoms with Crippen molar-refractivity contribution in [2.24, 2.45) is 0 Å². The summed E-state index contributed by atoms with van der Waals surface area (Å²) in [7, 11) is 0. The number of nitrogens with one attached hydrogen (secondary N) is 1. The zero-order valence-electron chi connectivity index (χ0n) is 17.3. The Morgan fingerprint density at radius 1 is 1.03 bits per heavy atom. The van der Waals surface area contributed by atoms with Crippen molar-refractivity contribution in [2.45, 2.75) is 31.1 Å². The Labute approximate surface area is 225 Å². The monoisotopic (exact) mass is 639 g/mol. The van der Waals surface area contributed by atoms with Crippen molar-refractivity contribution in [1.29, 1.82) is 0 Å². The van der Waals surface area contributed by atoms with E-state index in [0.29, 0.717) is 20.5 Å². The Morgan fingerprint density at radius 3 is 2.14 bits per heavy atom. The van der Waals surface area contributed by atoms with E-state index in [1.807, 2.05) is 0 Å². The van der Waals surface area contributed by atoms with Gasteiger partial charge in [0.25, 0.3) is 0 Å². The van der Waals surface area contributed by atoms with E-state index in [1.54, 1.807) is 11.4 Å². The maximum Gasteiger partial charge on any atom is 0.405 e. The zero-order chi connectivity index (χ0) is 26.6. The Balaban J connectivity index is 2.15. The van der Waals surface area contributed by atoms with Crippen LogP contribution in [0.5, 0.6) is 0 Å². The Hall–Kier alpha value is -1.33. The van der Waals surface area contributed by atoms with Crippen molar-refractivity contribution < 1.29 is 31.1 Å². The molecule has 0 saturated carbocycles. The number of halogens is 10. The van der Waals surface area contributed by atoms with Crippen LogP contribution in [0.3, 0.4) is 0 Å². The minimum absolute atomic E-state index is 0.0149. The fourth-order valence-corrected chi connectivity index (χ4v) is 4.54. The molecule has 0 aromatic heterocycles. The van der Waals surface area contributed by atoms with Crippen LogP contribution >= 0.6 is 63.0 Å². The van der Waals surface area contributed by atoms with Gasteiger partial charge in [-0.15, -0.1) is 0 Å². The number of carbonyl (C=O) groups excluding carboxylic acids is 1. The maximum absolute atomic E-state index is 13.7. The predicted octanol–water partition coefficient (Wildman–Crippen LogP) is 8.95. The summed E-state index contributed by atoms with van der Waals surface area (Å²) in [4.78, 5) is 11.9. The van der Waals surface area contributed by atoms with Crippen molar-refractivity contribution in [2.75, 3.05) is 6.54 Å². The van der Waals surface area contributed by atoms with Gasteiger partial charge in [0, 0.05) is 21.3 Å². The summed E-state index contributed by atoms with van der Waals surface area (Å²) in [5.41, 5.74) is 0.713. The molecule has 0 bridgehead atoms. The van der Waals surface area contributed by atoms with Crippen LogP contribution in [0.1, 0.15) is 35.4 Å². The largest absolute Gasteiger partial charge is 0.405 e. The third-order valence-corrected chi connectivity index (χ3v) is 6.83. The van der Waals surface area contributed by atoms with Crippen LogP contribution in [-0.4, -0.2) is 29.7 Å². The number of benzene rings is 2. The minimum atomic E-state index is -4.64. The number of allylic oxidation sites excluding steroid dienone is 1. The molecular weight excluding hydrogens is 627 g/mol. The van der Waals surface area contributed by atoms with Gasteiger partial charge >= 0.3 is 12.4 Å². The van der Waals surface area contributed by atoms with Gasteiger partial charge in [-0.2, -0.15) is 26.3 Å². The van der Waals surface area contributed by atoms with Crippen molar-refractivity contribution >= 4 is 79.8 Å². The smallest absolute Gasteiger partial charge is 0.347 e. The normalized spacial score (nSPS) is 13.2. The quantitative estimate of drug-likeness (QED) is 0.135. The van der Waals surface area contributed by atoms with Gasteiger partial charge in [0.2, 0.25) is 5.91 Å². The van der Waals surface area contributed by atoms with Gasteiger partial charge in [-0.05, 0) is 35.7 Å². The number of amides is 1. The maximum atomic E-state index is 13.7. The lowest BCUT2D eigenvalue weighted by Gasteiger charge is -2.18.